The van der Waals surface area contributed by atoms with E-state index in [1.807, 2.05) is 11.3 Å². The minimum Gasteiger partial charge on any atom is -0.313 e. The van der Waals surface area contributed by atoms with Gasteiger partial charge in [0.25, 0.3) is 0 Å². The second-order valence-corrected chi connectivity index (χ2v) is 7.10. The molecule has 2 nitrogen and oxygen atoms in total. The monoisotopic (exact) mass is 278 g/mol. The van der Waals surface area contributed by atoms with E-state index in [9.17, 15) is 0 Å². The van der Waals surface area contributed by atoms with E-state index in [0.29, 0.717) is 0 Å². The van der Waals surface area contributed by atoms with E-state index in [1.54, 1.807) is 0 Å². The molecule has 0 atom stereocenters. The van der Waals surface area contributed by atoms with Crippen molar-refractivity contribution in [2.75, 3.05) is 13.1 Å². The van der Waals surface area contributed by atoms with Crippen LogP contribution in [0.1, 0.15) is 49.8 Å². The van der Waals surface area contributed by atoms with Gasteiger partial charge in [-0.3, -0.25) is 4.90 Å². The molecule has 0 radical (unpaired) electrons. The summed E-state index contributed by atoms with van der Waals surface area (Å²) in [6, 6.07) is 6.12. The third-order valence-corrected chi connectivity index (χ3v) is 5.30. The zero-order valence-electron chi connectivity index (χ0n) is 11.8. The fourth-order valence-electron chi connectivity index (χ4n) is 3.15. The Labute approximate surface area is 121 Å². The fraction of sp³-hybridized carbons (Fsp3) is 0.750. The minimum atomic E-state index is 0.802. The molecular formula is C16H26N2S. The van der Waals surface area contributed by atoms with Crippen molar-refractivity contribution in [2.24, 2.45) is 0 Å². The van der Waals surface area contributed by atoms with Gasteiger partial charge in [-0.15, -0.1) is 11.3 Å². The number of hydrogen-bond donors (Lipinski definition) is 1. The lowest BCUT2D eigenvalue weighted by Gasteiger charge is -2.26. The lowest BCUT2D eigenvalue weighted by atomic mass is 9.95. The van der Waals surface area contributed by atoms with Gasteiger partial charge in [-0.2, -0.15) is 0 Å². The largest absolute Gasteiger partial charge is 0.313 e. The summed E-state index contributed by atoms with van der Waals surface area (Å²) in [5.74, 6) is 0. The SMILES string of the molecule is c1csc(CN(CCNC2CCCCC2)C2CC2)c1. The number of hydrogen-bond acceptors (Lipinski definition) is 3. The van der Waals surface area contributed by atoms with Gasteiger partial charge in [0.2, 0.25) is 0 Å². The van der Waals surface area contributed by atoms with Crippen molar-refractivity contribution < 1.29 is 0 Å². The minimum absolute atomic E-state index is 0.802. The Kier molecular flexibility index (Phi) is 4.91. The van der Waals surface area contributed by atoms with Gasteiger partial charge in [-0.25, -0.2) is 0 Å². The van der Waals surface area contributed by atoms with Gasteiger partial charge in [-0.1, -0.05) is 25.3 Å². The molecule has 106 valence electrons. The Hall–Kier alpha value is -0.380. The van der Waals surface area contributed by atoms with E-state index in [2.05, 4.69) is 27.7 Å². The fourth-order valence-corrected chi connectivity index (χ4v) is 3.88. The molecule has 2 aliphatic carbocycles. The molecule has 0 aliphatic heterocycles. The van der Waals surface area contributed by atoms with Crippen molar-refractivity contribution in [3.05, 3.63) is 22.4 Å². The van der Waals surface area contributed by atoms with Crippen LogP contribution in [0.5, 0.6) is 0 Å². The van der Waals surface area contributed by atoms with Gasteiger partial charge in [0, 0.05) is 36.6 Å². The first-order valence-corrected chi connectivity index (χ1v) is 8.79. The maximum Gasteiger partial charge on any atom is 0.0331 e. The molecule has 2 aliphatic rings. The Balaban J connectivity index is 1.40. The van der Waals surface area contributed by atoms with Crippen LogP contribution in [0, 0.1) is 0 Å². The number of rotatable bonds is 7. The second-order valence-electron chi connectivity index (χ2n) is 6.07. The first-order valence-electron chi connectivity index (χ1n) is 7.91. The van der Waals surface area contributed by atoms with Gasteiger partial charge in [-0.05, 0) is 37.1 Å². The van der Waals surface area contributed by atoms with Gasteiger partial charge < -0.3 is 5.32 Å². The zero-order valence-corrected chi connectivity index (χ0v) is 12.6. The Morgan fingerprint density at radius 3 is 2.68 bits per heavy atom. The molecule has 1 heterocycles. The predicted molar refractivity (Wildman–Crippen MR) is 82.6 cm³/mol. The maximum absolute atomic E-state index is 3.78. The van der Waals surface area contributed by atoms with Gasteiger partial charge >= 0.3 is 0 Å². The van der Waals surface area contributed by atoms with Crippen LogP contribution in [-0.2, 0) is 6.54 Å². The molecule has 0 aromatic carbocycles. The van der Waals surface area contributed by atoms with Gasteiger partial charge in [0.05, 0.1) is 0 Å². The van der Waals surface area contributed by atoms with Crippen LogP contribution in [0.4, 0.5) is 0 Å². The molecule has 0 bridgehead atoms. The molecule has 0 spiro atoms. The average Bonchev–Trinajstić information content (AvgIpc) is 3.17. The molecular weight excluding hydrogens is 252 g/mol. The average molecular weight is 278 g/mol. The highest BCUT2D eigenvalue weighted by Crippen LogP contribution is 2.28. The van der Waals surface area contributed by atoms with Crippen LogP contribution in [0.25, 0.3) is 0 Å². The molecule has 1 aromatic rings. The normalized spacial score (nSPS) is 21.1. The van der Waals surface area contributed by atoms with Crippen molar-refractivity contribution in [3.63, 3.8) is 0 Å². The summed E-state index contributed by atoms with van der Waals surface area (Å²) in [6.45, 7) is 3.56. The van der Waals surface area contributed by atoms with Crippen LogP contribution < -0.4 is 5.32 Å². The Morgan fingerprint density at radius 1 is 1.16 bits per heavy atom. The molecule has 1 N–H and O–H groups in total. The third kappa shape index (κ3) is 4.30. The summed E-state index contributed by atoms with van der Waals surface area (Å²) in [5, 5.41) is 5.97. The Morgan fingerprint density at radius 2 is 2.00 bits per heavy atom. The Bertz CT molecular complexity index is 353. The van der Waals surface area contributed by atoms with Crippen LogP contribution in [0.3, 0.4) is 0 Å². The molecule has 3 heteroatoms. The van der Waals surface area contributed by atoms with Crippen LogP contribution >= 0.6 is 11.3 Å². The molecule has 2 saturated carbocycles. The van der Waals surface area contributed by atoms with Crippen molar-refractivity contribution in [1.29, 1.82) is 0 Å². The molecule has 0 unspecified atom stereocenters. The number of nitrogens with one attached hydrogen (secondary N) is 1. The highest BCUT2D eigenvalue weighted by Gasteiger charge is 2.28. The zero-order chi connectivity index (χ0) is 12.9. The van der Waals surface area contributed by atoms with E-state index in [1.165, 1.54) is 62.9 Å². The van der Waals surface area contributed by atoms with Crippen molar-refractivity contribution >= 4 is 11.3 Å². The van der Waals surface area contributed by atoms with Crippen LogP contribution in [-0.4, -0.2) is 30.1 Å². The predicted octanol–water partition coefficient (Wildman–Crippen LogP) is 3.63. The first-order chi connectivity index (χ1) is 9.42. The molecule has 0 saturated heterocycles. The lowest BCUT2D eigenvalue weighted by Crippen LogP contribution is -2.38. The molecule has 19 heavy (non-hydrogen) atoms. The molecule has 1 aromatic heterocycles. The van der Waals surface area contributed by atoms with Gasteiger partial charge in [0.15, 0.2) is 0 Å². The van der Waals surface area contributed by atoms with E-state index in [0.717, 1.165) is 18.6 Å². The van der Waals surface area contributed by atoms with Gasteiger partial charge in [0.1, 0.15) is 0 Å². The summed E-state index contributed by atoms with van der Waals surface area (Å²) >= 11 is 1.90. The highest BCUT2D eigenvalue weighted by molar-refractivity contribution is 7.09. The lowest BCUT2D eigenvalue weighted by molar-refractivity contribution is 0.246. The maximum atomic E-state index is 3.78. The van der Waals surface area contributed by atoms with E-state index < -0.39 is 0 Å². The number of thiophene rings is 1. The summed E-state index contributed by atoms with van der Waals surface area (Å²) in [6.07, 6.45) is 9.93. The smallest absolute Gasteiger partial charge is 0.0331 e. The first kappa shape index (κ1) is 13.6. The summed E-state index contributed by atoms with van der Waals surface area (Å²) in [4.78, 5) is 4.20. The summed E-state index contributed by atoms with van der Waals surface area (Å²) in [7, 11) is 0. The number of nitrogens with zero attached hydrogens (tertiary/aromatic N) is 1. The summed E-state index contributed by atoms with van der Waals surface area (Å²) < 4.78 is 0. The second kappa shape index (κ2) is 6.87. The molecule has 0 amide bonds. The van der Waals surface area contributed by atoms with Crippen molar-refractivity contribution in [3.8, 4) is 0 Å². The quantitative estimate of drug-likeness (QED) is 0.819. The highest BCUT2D eigenvalue weighted by atomic mass is 32.1. The van der Waals surface area contributed by atoms with Crippen molar-refractivity contribution in [2.45, 2.75) is 63.6 Å². The summed E-state index contributed by atoms with van der Waals surface area (Å²) in [5.41, 5.74) is 0. The van der Waals surface area contributed by atoms with E-state index >= 15 is 0 Å². The topological polar surface area (TPSA) is 15.3 Å². The van der Waals surface area contributed by atoms with Crippen LogP contribution in [0.2, 0.25) is 0 Å². The van der Waals surface area contributed by atoms with Crippen LogP contribution in [0.15, 0.2) is 17.5 Å². The van der Waals surface area contributed by atoms with E-state index in [-0.39, 0.29) is 0 Å². The molecule has 2 fully saturated rings. The van der Waals surface area contributed by atoms with E-state index in [4.69, 9.17) is 0 Å². The van der Waals surface area contributed by atoms with Crippen molar-refractivity contribution in [1.82, 2.24) is 10.2 Å². The third-order valence-electron chi connectivity index (χ3n) is 4.44. The standard InChI is InChI=1S/C16H26N2S/c1-2-5-14(6-3-1)17-10-11-18(15-8-9-15)13-16-7-4-12-19-16/h4,7,12,14-15,17H,1-3,5-6,8-11,13H2. The molecule has 3 rings (SSSR count).